The maximum Gasteiger partial charge on any atom is 0.242 e. The second-order valence-corrected chi connectivity index (χ2v) is 7.77. The predicted molar refractivity (Wildman–Crippen MR) is 106 cm³/mol. The molecule has 2 aromatic carbocycles. The number of likely N-dealkylation sites (tertiary alicyclic amines) is 1. The molecule has 1 aromatic heterocycles. The van der Waals surface area contributed by atoms with Crippen molar-refractivity contribution < 1.29 is 9.59 Å². The van der Waals surface area contributed by atoms with E-state index in [2.05, 4.69) is 11.4 Å². The van der Waals surface area contributed by atoms with E-state index in [1.165, 1.54) is 0 Å². The molecule has 1 fully saturated rings. The standard InChI is InChI=1S/C21H21N3O2S/c25-19(13-15-7-2-1-3-8-15)22-14-20(26)24-12-6-10-17(24)21-23-16-9-4-5-11-18(16)27-21/h1-5,7-9,11,17H,6,10,12-14H2,(H,22,25)/t17-/m0/s1. The number of benzene rings is 2. The van der Waals surface area contributed by atoms with Crippen molar-refractivity contribution in [1.82, 2.24) is 15.2 Å². The molecule has 1 atom stereocenters. The van der Waals surface area contributed by atoms with Gasteiger partial charge in [0.25, 0.3) is 0 Å². The maximum absolute atomic E-state index is 12.7. The fraction of sp³-hybridized carbons (Fsp3) is 0.286. The third kappa shape index (κ3) is 4.01. The van der Waals surface area contributed by atoms with Gasteiger partial charge in [-0.05, 0) is 30.5 Å². The number of fused-ring (bicyclic) bond motifs is 1. The van der Waals surface area contributed by atoms with Gasteiger partial charge >= 0.3 is 0 Å². The van der Waals surface area contributed by atoms with E-state index in [0.717, 1.165) is 33.6 Å². The van der Waals surface area contributed by atoms with E-state index < -0.39 is 0 Å². The zero-order valence-electron chi connectivity index (χ0n) is 14.9. The normalized spacial score (nSPS) is 16.6. The van der Waals surface area contributed by atoms with Crippen LogP contribution in [0.1, 0.15) is 29.5 Å². The Morgan fingerprint density at radius 3 is 2.70 bits per heavy atom. The summed E-state index contributed by atoms with van der Waals surface area (Å²) in [6.07, 6.45) is 2.17. The predicted octanol–water partition coefficient (Wildman–Crippen LogP) is 3.32. The molecule has 0 saturated carbocycles. The Labute approximate surface area is 162 Å². The fourth-order valence-corrected chi connectivity index (χ4v) is 4.59. The van der Waals surface area contributed by atoms with Gasteiger partial charge in [0.1, 0.15) is 5.01 Å². The van der Waals surface area contributed by atoms with Gasteiger partial charge in [0, 0.05) is 6.54 Å². The van der Waals surface area contributed by atoms with Crippen LogP contribution in [-0.2, 0) is 16.0 Å². The quantitative estimate of drug-likeness (QED) is 0.740. The van der Waals surface area contributed by atoms with Crippen molar-refractivity contribution in [3.63, 3.8) is 0 Å². The molecule has 0 spiro atoms. The minimum absolute atomic E-state index is 0.0147. The minimum atomic E-state index is -0.134. The summed E-state index contributed by atoms with van der Waals surface area (Å²) in [6, 6.07) is 17.6. The molecule has 27 heavy (non-hydrogen) atoms. The lowest BCUT2D eigenvalue weighted by atomic mass is 10.1. The molecule has 2 heterocycles. The van der Waals surface area contributed by atoms with Gasteiger partial charge in [0.15, 0.2) is 0 Å². The van der Waals surface area contributed by atoms with E-state index >= 15 is 0 Å². The monoisotopic (exact) mass is 379 g/mol. The molecule has 3 aromatic rings. The lowest BCUT2D eigenvalue weighted by Gasteiger charge is -2.23. The number of para-hydroxylation sites is 1. The van der Waals surface area contributed by atoms with E-state index in [1.54, 1.807) is 11.3 Å². The fourth-order valence-electron chi connectivity index (χ4n) is 3.47. The number of hydrogen-bond acceptors (Lipinski definition) is 4. The SMILES string of the molecule is O=C(Cc1ccccc1)NCC(=O)N1CCC[C@H]1c1nc2ccccc2s1. The average Bonchev–Trinajstić information content (AvgIpc) is 3.33. The number of aromatic nitrogens is 1. The lowest BCUT2D eigenvalue weighted by molar-refractivity contribution is -0.133. The van der Waals surface area contributed by atoms with Crippen LogP contribution >= 0.6 is 11.3 Å². The van der Waals surface area contributed by atoms with Crippen molar-refractivity contribution in [2.24, 2.45) is 0 Å². The van der Waals surface area contributed by atoms with E-state index in [1.807, 2.05) is 53.4 Å². The second kappa shape index (κ2) is 7.88. The Bertz CT molecular complexity index is 921. The Morgan fingerprint density at radius 1 is 1.11 bits per heavy atom. The molecule has 1 aliphatic rings. The number of carbonyl (C=O) groups is 2. The molecule has 1 N–H and O–H groups in total. The van der Waals surface area contributed by atoms with E-state index in [9.17, 15) is 9.59 Å². The van der Waals surface area contributed by atoms with Crippen LogP contribution in [0.4, 0.5) is 0 Å². The van der Waals surface area contributed by atoms with Gasteiger partial charge in [-0.1, -0.05) is 42.5 Å². The molecule has 4 rings (SSSR count). The Hall–Kier alpha value is -2.73. The van der Waals surface area contributed by atoms with Crippen molar-refractivity contribution in [2.75, 3.05) is 13.1 Å². The molecular weight excluding hydrogens is 358 g/mol. The van der Waals surface area contributed by atoms with Crippen LogP contribution in [0.15, 0.2) is 54.6 Å². The Kier molecular flexibility index (Phi) is 5.16. The Balaban J connectivity index is 1.38. The van der Waals surface area contributed by atoms with Crippen LogP contribution in [0.5, 0.6) is 0 Å². The van der Waals surface area contributed by atoms with Crippen molar-refractivity contribution in [3.8, 4) is 0 Å². The van der Waals surface area contributed by atoms with Crippen molar-refractivity contribution >= 4 is 33.4 Å². The molecule has 0 bridgehead atoms. The van der Waals surface area contributed by atoms with Crippen LogP contribution in [0.3, 0.4) is 0 Å². The van der Waals surface area contributed by atoms with Gasteiger partial charge in [0.2, 0.25) is 11.8 Å². The molecule has 6 heteroatoms. The first kappa shape index (κ1) is 17.7. The van der Waals surface area contributed by atoms with Gasteiger partial charge in [-0.15, -0.1) is 11.3 Å². The van der Waals surface area contributed by atoms with Gasteiger partial charge < -0.3 is 10.2 Å². The summed E-state index contributed by atoms with van der Waals surface area (Å²) in [5.74, 6) is -0.177. The summed E-state index contributed by atoms with van der Waals surface area (Å²) in [4.78, 5) is 31.4. The van der Waals surface area contributed by atoms with Gasteiger partial charge in [-0.2, -0.15) is 0 Å². The molecule has 0 radical (unpaired) electrons. The number of thiazole rings is 1. The van der Waals surface area contributed by atoms with Crippen molar-refractivity contribution in [1.29, 1.82) is 0 Å². The zero-order chi connectivity index (χ0) is 18.6. The smallest absolute Gasteiger partial charge is 0.242 e. The third-order valence-corrected chi connectivity index (χ3v) is 5.95. The van der Waals surface area contributed by atoms with Gasteiger partial charge in [0.05, 0.1) is 29.2 Å². The molecule has 138 valence electrons. The number of nitrogens with zero attached hydrogens (tertiary/aromatic N) is 2. The first-order valence-electron chi connectivity index (χ1n) is 9.16. The summed E-state index contributed by atoms with van der Waals surface area (Å²) in [5, 5.41) is 3.74. The van der Waals surface area contributed by atoms with Gasteiger partial charge in [-0.3, -0.25) is 9.59 Å². The maximum atomic E-state index is 12.7. The highest BCUT2D eigenvalue weighted by Crippen LogP contribution is 2.36. The number of carbonyl (C=O) groups excluding carboxylic acids is 2. The summed E-state index contributed by atoms with van der Waals surface area (Å²) in [7, 11) is 0. The molecule has 1 saturated heterocycles. The summed E-state index contributed by atoms with van der Waals surface area (Å²) in [5.41, 5.74) is 1.92. The molecule has 5 nitrogen and oxygen atoms in total. The average molecular weight is 379 g/mol. The second-order valence-electron chi connectivity index (χ2n) is 6.70. The summed E-state index contributed by atoms with van der Waals surface area (Å²) >= 11 is 1.65. The lowest BCUT2D eigenvalue weighted by Crippen LogP contribution is -2.40. The van der Waals surface area contributed by atoms with Gasteiger partial charge in [-0.25, -0.2) is 4.98 Å². The zero-order valence-corrected chi connectivity index (χ0v) is 15.7. The van der Waals surface area contributed by atoms with Crippen molar-refractivity contribution in [3.05, 3.63) is 65.2 Å². The molecule has 2 amide bonds. The number of nitrogens with one attached hydrogen (secondary N) is 1. The van der Waals surface area contributed by atoms with Crippen LogP contribution in [-0.4, -0.2) is 34.8 Å². The van der Waals surface area contributed by atoms with Crippen LogP contribution in [0.2, 0.25) is 0 Å². The first-order chi connectivity index (χ1) is 13.2. The molecule has 0 unspecified atom stereocenters. The van der Waals surface area contributed by atoms with Crippen LogP contribution < -0.4 is 5.32 Å². The minimum Gasteiger partial charge on any atom is -0.347 e. The molecule has 1 aliphatic heterocycles. The molecular formula is C21H21N3O2S. The number of hydrogen-bond donors (Lipinski definition) is 1. The highest BCUT2D eigenvalue weighted by atomic mass is 32.1. The first-order valence-corrected chi connectivity index (χ1v) is 9.98. The highest BCUT2D eigenvalue weighted by Gasteiger charge is 2.32. The van der Waals surface area contributed by atoms with Crippen LogP contribution in [0, 0.1) is 0 Å². The van der Waals surface area contributed by atoms with E-state index in [-0.39, 0.29) is 30.8 Å². The topological polar surface area (TPSA) is 62.3 Å². The Morgan fingerprint density at radius 2 is 1.89 bits per heavy atom. The molecule has 0 aliphatic carbocycles. The van der Waals surface area contributed by atoms with E-state index in [0.29, 0.717) is 6.54 Å². The van der Waals surface area contributed by atoms with Crippen molar-refractivity contribution in [2.45, 2.75) is 25.3 Å². The highest BCUT2D eigenvalue weighted by molar-refractivity contribution is 7.18. The van der Waals surface area contributed by atoms with Crippen LogP contribution in [0.25, 0.3) is 10.2 Å². The third-order valence-electron chi connectivity index (χ3n) is 4.81. The largest absolute Gasteiger partial charge is 0.347 e. The summed E-state index contributed by atoms with van der Waals surface area (Å²) in [6.45, 7) is 0.751. The number of amides is 2. The number of rotatable bonds is 5. The summed E-state index contributed by atoms with van der Waals surface area (Å²) < 4.78 is 1.14. The van der Waals surface area contributed by atoms with E-state index in [4.69, 9.17) is 4.98 Å².